The molecule has 0 N–H and O–H groups in total. The first-order valence-corrected chi connectivity index (χ1v) is 9.21. The molecule has 0 saturated carbocycles. The number of hydrogen-bond acceptors (Lipinski definition) is 5. The number of nitrogens with zero attached hydrogens (tertiary/aromatic N) is 4. The second-order valence-electron chi connectivity index (χ2n) is 7.02. The Morgan fingerprint density at radius 1 is 1.06 bits per heavy atom. The Hall–Kier alpha value is -3.82. The summed E-state index contributed by atoms with van der Waals surface area (Å²) in [4.78, 5) is 14.7. The van der Waals surface area contributed by atoms with Crippen LogP contribution in [0.4, 0.5) is 17.6 Å². The lowest BCUT2D eigenvalue weighted by Gasteiger charge is -2.16. The molecule has 1 aromatic carbocycles. The lowest BCUT2D eigenvalue weighted by atomic mass is 9.87. The number of rotatable bonds is 3. The van der Waals surface area contributed by atoms with Gasteiger partial charge in [0.2, 0.25) is 0 Å². The van der Waals surface area contributed by atoms with Crippen molar-refractivity contribution in [3.05, 3.63) is 70.9 Å². The van der Waals surface area contributed by atoms with Crippen LogP contribution in [0.3, 0.4) is 0 Å². The van der Waals surface area contributed by atoms with E-state index in [1.807, 2.05) is 0 Å². The number of carbonyl (C=O) groups is 1. The molecule has 3 heterocycles. The Kier molecular flexibility index (Phi) is 4.24. The van der Waals surface area contributed by atoms with Crippen molar-refractivity contribution in [1.29, 1.82) is 0 Å². The van der Waals surface area contributed by atoms with Gasteiger partial charge in [0.1, 0.15) is 17.8 Å². The molecule has 0 amide bonds. The Bertz CT molecular complexity index is 1310. The van der Waals surface area contributed by atoms with Gasteiger partial charge >= 0.3 is 6.18 Å². The van der Waals surface area contributed by atoms with E-state index in [4.69, 9.17) is 4.52 Å². The van der Waals surface area contributed by atoms with Gasteiger partial charge in [-0.15, -0.1) is 0 Å². The van der Waals surface area contributed by atoms with E-state index >= 15 is 0 Å². The van der Waals surface area contributed by atoms with E-state index in [1.165, 1.54) is 0 Å². The molecule has 156 valence electrons. The molecule has 0 aliphatic heterocycles. The van der Waals surface area contributed by atoms with E-state index < -0.39 is 17.7 Å². The summed E-state index contributed by atoms with van der Waals surface area (Å²) in [5, 5.41) is 7.85. The minimum absolute atomic E-state index is 0.0270. The first-order chi connectivity index (χ1) is 14.9. The van der Waals surface area contributed by atoms with Crippen LogP contribution in [-0.2, 0) is 19.0 Å². The SMILES string of the molecule is O=Cc1ccc2c(c1)CCc1c-2noc1-c1cnn(-c2ccc(F)cn2)c1C(F)(F)F. The number of aryl methyl sites for hydroxylation is 1. The fourth-order valence-electron chi connectivity index (χ4n) is 3.80. The molecule has 0 spiro atoms. The summed E-state index contributed by atoms with van der Waals surface area (Å²) in [7, 11) is 0. The lowest BCUT2D eigenvalue weighted by molar-refractivity contribution is -0.142. The molecular weight excluding hydrogens is 416 g/mol. The van der Waals surface area contributed by atoms with Crippen LogP contribution in [-0.4, -0.2) is 26.2 Å². The Morgan fingerprint density at radius 2 is 1.90 bits per heavy atom. The monoisotopic (exact) mass is 428 g/mol. The smallest absolute Gasteiger partial charge is 0.355 e. The fourth-order valence-corrected chi connectivity index (χ4v) is 3.80. The molecule has 0 atom stereocenters. The van der Waals surface area contributed by atoms with Crippen molar-refractivity contribution in [3.8, 4) is 28.4 Å². The number of carbonyl (C=O) groups excluding carboxylic acids is 1. The number of hydrogen-bond donors (Lipinski definition) is 0. The van der Waals surface area contributed by atoms with Crippen molar-refractivity contribution >= 4 is 6.29 Å². The van der Waals surface area contributed by atoms with Crippen LogP contribution in [0.25, 0.3) is 28.4 Å². The second-order valence-corrected chi connectivity index (χ2v) is 7.02. The van der Waals surface area contributed by atoms with Crippen LogP contribution in [0.1, 0.15) is 27.2 Å². The number of benzene rings is 1. The maximum Gasteiger partial charge on any atom is 0.434 e. The zero-order chi connectivity index (χ0) is 21.8. The van der Waals surface area contributed by atoms with E-state index in [-0.39, 0.29) is 17.1 Å². The van der Waals surface area contributed by atoms with Gasteiger partial charge in [0.15, 0.2) is 17.3 Å². The van der Waals surface area contributed by atoms with Crippen LogP contribution < -0.4 is 0 Å². The molecule has 1 aliphatic rings. The maximum atomic E-state index is 14.0. The van der Waals surface area contributed by atoms with Gasteiger partial charge in [0.05, 0.1) is 18.0 Å². The Morgan fingerprint density at radius 3 is 2.61 bits per heavy atom. The van der Waals surface area contributed by atoms with Gasteiger partial charge in [-0.2, -0.15) is 18.3 Å². The number of aldehydes is 1. The molecular formula is C21H12F4N4O2. The van der Waals surface area contributed by atoms with Gasteiger partial charge in [0.25, 0.3) is 0 Å². The standard InChI is InChI=1S/C21H12F4N4O2/c22-13-3-6-17(26-8-13)29-20(21(23,24)25)16(9-27-29)19-15-5-2-12-7-11(10-30)1-4-14(12)18(15)28-31-19/h1,3-4,6-10H,2,5H2. The molecule has 5 rings (SSSR count). The Balaban J connectivity index is 1.66. The fraction of sp³-hybridized carbons (Fsp3) is 0.143. The summed E-state index contributed by atoms with van der Waals surface area (Å²) in [6.07, 6.45) is -1.28. The van der Waals surface area contributed by atoms with Gasteiger partial charge in [-0.05, 0) is 36.6 Å². The van der Waals surface area contributed by atoms with Gasteiger partial charge < -0.3 is 4.52 Å². The van der Waals surface area contributed by atoms with E-state index in [0.717, 1.165) is 36.4 Å². The van der Waals surface area contributed by atoms with Gasteiger partial charge in [-0.25, -0.2) is 14.1 Å². The van der Waals surface area contributed by atoms with E-state index in [9.17, 15) is 22.4 Å². The van der Waals surface area contributed by atoms with Crippen molar-refractivity contribution < 1.29 is 26.9 Å². The van der Waals surface area contributed by atoms with Crippen molar-refractivity contribution in [2.75, 3.05) is 0 Å². The van der Waals surface area contributed by atoms with Crippen LogP contribution in [0.2, 0.25) is 0 Å². The third kappa shape index (κ3) is 3.11. The normalized spacial score (nSPS) is 13.0. The molecule has 6 nitrogen and oxygen atoms in total. The summed E-state index contributed by atoms with van der Waals surface area (Å²) in [6, 6.07) is 7.18. The summed E-state index contributed by atoms with van der Waals surface area (Å²) in [5.41, 5.74) is 1.70. The number of alkyl halides is 3. The first kappa shape index (κ1) is 19.2. The highest BCUT2D eigenvalue weighted by molar-refractivity contribution is 5.81. The molecule has 0 saturated heterocycles. The minimum Gasteiger partial charge on any atom is -0.355 e. The van der Waals surface area contributed by atoms with Crippen LogP contribution >= 0.6 is 0 Å². The lowest BCUT2D eigenvalue weighted by Crippen LogP contribution is -2.15. The average molecular weight is 428 g/mol. The Labute approximate surface area is 172 Å². The highest BCUT2D eigenvalue weighted by atomic mass is 19.4. The number of fused-ring (bicyclic) bond motifs is 3. The summed E-state index contributed by atoms with van der Waals surface area (Å²) in [5.74, 6) is -0.883. The van der Waals surface area contributed by atoms with Gasteiger partial charge in [-0.1, -0.05) is 17.3 Å². The summed E-state index contributed by atoms with van der Waals surface area (Å²) in [6.45, 7) is 0. The van der Waals surface area contributed by atoms with Crippen molar-refractivity contribution in [1.82, 2.24) is 19.9 Å². The zero-order valence-corrected chi connectivity index (χ0v) is 15.7. The number of pyridine rings is 1. The molecule has 4 aromatic rings. The third-order valence-electron chi connectivity index (χ3n) is 5.16. The molecule has 3 aromatic heterocycles. The summed E-state index contributed by atoms with van der Waals surface area (Å²) >= 11 is 0. The molecule has 0 fully saturated rings. The molecule has 1 aliphatic carbocycles. The molecule has 0 radical (unpaired) electrons. The van der Waals surface area contributed by atoms with Crippen molar-refractivity contribution in [2.24, 2.45) is 0 Å². The molecule has 10 heteroatoms. The van der Waals surface area contributed by atoms with Crippen molar-refractivity contribution in [2.45, 2.75) is 19.0 Å². The molecule has 0 bridgehead atoms. The average Bonchev–Trinajstić information content (AvgIpc) is 3.38. The second kappa shape index (κ2) is 6.86. The first-order valence-electron chi connectivity index (χ1n) is 9.21. The summed E-state index contributed by atoms with van der Waals surface area (Å²) < 4.78 is 61.1. The van der Waals surface area contributed by atoms with E-state index in [1.54, 1.807) is 18.2 Å². The predicted molar refractivity (Wildman–Crippen MR) is 100 cm³/mol. The minimum atomic E-state index is -4.78. The third-order valence-corrected chi connectivity index (χ3v) is 5.16. The van der Waals surface area contributed by atoms with Gasteiger partial charge in [-0.3, -0.25) is 4.79 Å². The number of aromatic nitrogens is 4. The maximum absolute atomic E-state index is 14.0. The van der Waals surface area contributed by atoms with E-state index in [2.05, 4.69) is 15.2 Å². The number of halogens is 4. The highest BCUT2D eigenvalue weighted by Gasteiger charge is 2.41. The van der Waals surface area contributed by atoms with Crippen molar-refractivity contribution in [3.63, 3.8) is 0 Å². The quantitative estimate of drug-likeness (QED) is 0.351. The predicted octanol–water partition coefficient (Wildman–Crippen LogP) is 4.66. The zero-order valence-electron chi connectivity index (χ0n) is 15.7. The van der Waals surface area contributed by atoms with Gasteiger partial charge in [0, 0.05) is 16.7 Å². The topological polar surface area (TPSA) is 73.8 Å². The van der Waals surface area contributed by atoms with Crippen LogP contribution in [0.5, 0.6) is 0 Å². The molecule has 0 unspecified atom stereocenters. The molecule has 31 heavy (non-hydrogen) atoms. The van der Waals surface area contributed by atoms with Crippen LogP contribution in [0.15, 0.2) is 47.2 Å². The van der Waals surface area contributed by atoms with E-state index in [0.29, 0.717) is 39.9 Å². The highest BCUT2D eigenvalue weighted by Crippen LogP contribution is 2.43. The largest absolute Gasteiger partial charge is 0.434 e. The van der Waals surface area contributed by atoms with Crippen LogP contribution in [0, 0.1) is 5.82 Å².